The Kier molecular flexibility index (Phi) is 2.99. The molecule has 2 N–H and O–H groups in total. The molecule has 1 atom stereocenters. The summed E-state index contributed by atoms with van der Waals surface area (Å²) in [6, 6.07) is 3.02. The largest absolute Gasteiger partial charge is 0.317 e. The molecule has 1 aromatic rings. The van der Waals surface area contributed by atoms with E-state index in [-0.39, 0.29) is 12.0 Å². The van der Waals surface area contributed by atoms with E-state index in [9.17, 15) is 8.78 Å². The fourth-order valence-electron chi connectivity index (χ4n) is 1.01. The van der Waals surface area contributed by atoms with Crippen LogP contribution in [0.15, 0.2) is 18.2 Å². The van der Waals surface area contributed by atoms with Gasteiger partial charge in [-0.25, -0.2) is 8.78 Å². The molecule has 0 saturated carbocycles. The lowest BCUT2D eigenvalue weighted by atomic mass is 10.1. The molecule has 0 aliphatic rings. The Balaban J connectivity index is 2.95. The highest BCUT2D eigenvalue weighted by Gasteiger charge is 2.10. The normalized spacial score (nSPS) is 12.2. The van der Waals surface area contributed by atoms with E-state index in [2.05, 4.69) is 5.92 Å². The zero-order chi connectivity index (χ0) is 9.84. The SMILES string of the molecule is C#CC(N)Cc1c(F)cccc1F. The Labute approximate surface area is 75.6 Å². The van der Waals surface area contributed by atoms with Crippen LogP contribution < -0.4 is 5.73 Å². The number of terminal acetylenes is 1. The highest BCUT2D eigenvalue weighted by Crippen LogP contribution is 2.13. The van der Waals surface area contributed by atoms with Crippen molar-refractivity contribution in [1.82, 2.24) is 0 Å². The van der Waals surface area contributed by atoms with Crippen molar-refractivity contribution in [3.05, 3.63) is 35.4 Å². The Morgan fingerprint density at radius 2 is 1.92 bits per heavy atom. The van der Waals surface area contributed by atoms with Crippen molar-refractivity contribution in [2.45, 2.75) is 12.5 Å². The third-order valence-electron chi connectivity index (χ3n) is 1.70. The molecule has 1 unspecified atom stereocenters. The van der Waals surface area contributed by atoms with Crippen LogP contribution in [0.5, 0.6) is 0 Å². The van der Waals surface area contributed by atoms with Gasteiger partial charge in [0.15, 0.2) is 0 Å². The molecule has 1 rings (SSSR count). The summed E-state index contributed by atoms with van der Waals surface area (Å²) in [6.45, 7) is 0. The molecule has 0 aliphatic carbocycles. The molecule has 13 heavy (non-hydrogen) atoms. The molecule has 0 aromatic heterocycles. The average Bonchev–Trinajstić information content (AvgIpc) is 2.11. The third-order valence-corrected chi connectivity index (χ3v) is 1.70. The number of nitrogens with two attached hydrogens (primary N) is 1. The summed E-state index contributed by atoms with van der Waals surface area (Å²) in [7, 11) is 0. The van der Waals surface area contributed by atoms with E-state index < -0.39 is 17.7 Å². The molecule has 0 spiro atoms. The molecule has 1 nitrogen and oxygen atoms in total. The van der Waals surface area contributed by atoms with Gasteiger partial charge < -0.3 is 5.73 Å². The van der Waals surface area contributed by atoms with Crippen molar-refractivity contribution in [3.63, 3.8) is 0 Å². The summed E-state index contributed by atoms with van der Waals surface area (Å²) in [4.78, 5) is 0. The molecule has 0 aliphatic heterocycles. The molecule has 0 radical (unpaired) electrons. The molecule has 0 heterocycles. The number of benzene rings is 1. The smallest absolute Gasteiger partial charge is 0.129 e. The van der Waals surface area contributed by atoms with Crippen LogP contribution in [0.25, 0.3) is 0 Å². The van der Waals surface area contributed by atoms with E-state index in [4.69, 9.17) is 12.2 Å². The lowest BCUT2D eigenvalue weighted by Crippen LogP contribution is -2.21. The Morgan fingerprint density at radius 1 is 1.38 bits per heavy atom. The van der Waals surface area contributed by atoms with Gasteiger partial charge in [0.1, 0.15) is 11.6 Å². The standard InChI is InChI=1S/C10H9F2N/c1-2-7(13)6-8-9(11)4-3-5-10(8)12/h1,3-5,7H,6,13H2. The highest BCUT2D eigenvalue weighted by atomic mass is 19.1. The second-order valence-electron chi connectivity index (χ2n) is 2.68. The molecule has 1 aromatic carbocycles. The van der Waals surface area contributed by atoms with E-state index in [1.807, 2.05) is 0 Å². The van der Waals surface area contributed by atoms with Crippen molar-refractivity contribution in [2.75, 3.05) is 0 Å². The molecule has 0 amide bonds. The summed E-state index contributed by atoms with van der Waals surface area (Å²) < 4.78 is 26.0. The van der Waals surface area contributed by atoms with Crippen molar-refractivity contribution in [2.24, 2.45) is 5.73 Å². The Bertz CT molecular complexity index is 321. The summed E-state index contributed by atoms with van der Waals surface area (Å²) in [5.41, 5.74) is 5.33. The minimum absolute atomic E-state index is 0.0228. The first-order valence-corrected chi connectivity index (χ1v) is 3.79. The van der Waals surface area contributed by atoms with Crippen LogP contribution >= 0.6 is 0 Å². The number of hydrogen-bond acceptors (Lipinski definition) is 1. The van der Waals surface area contributed by atoms with E-state index in [0.29, 0.717) is 0 Å². The van der Waals surface area contributed by atoms with E-state index in [0.717, 1.165) is 0 Å². The second kappa shape index (κ2) is 4.01. The molecule has 0 saturated heterocycles. The zero-order valence-corrected chi connectivity index (χ0v) is 6.93. The average molecular weight is 181 g/mol. The fourth-order valence-corrected chi connectivity index (χ4v) is 1.01. The number of rotatable bonds is 2. The zero-order valence-electron chi connectivity index (χ0n) is 6.93. The molecule has 3 heteroatoms. The minimum Gasteiger partial charge on any atom is -0.317 e. The topological polar surface area (TPSA) is 26.0 Å². The van der Waals surface area contributed by atoms with Crippen LogP contribution in [-0.4, -0.2) is 6.04 Å². The maximum atomic E-state index is 13.0. The Morgan fingerprint density at radius 3 is 2.38 bits per heavy atom. The quantitative estimate of drug-likeness (QED) is 0.687. The number of hydrogen-bond donors (Lipinski definition) is 1. The maximum Gasteiger partial charge on any atom is 0.129 e. The first-order valence-electron chi connectivity index (χ1n) is 3.79. The fraction of sp³-hybridized carbons (Fsp3) is 0.200. The third kappa shape index (κ3) is 2.27. The van der Waals surface area contributed by atoms with Crippen molar-refractivity contribution < 1.29 is 8.78 Å². The lowest BCUT2D eigenvalue weighted by Gasteiger charge is -2.06. The second-order valence-corrected chi connectivity index (χ2v) is 2.68. The predicted molar refractivity (Wildman–Crippen MR) is 46.9 cm³/mol. The van der Waals surface area contributed by atoms with Crippen molar-refractivity contribution >= 4 is 0 Å². The van der Waals surface area contributed by atoms with E-state index in [1.54, 1.807) is 0 Å². The monoisotopic (exact) mass is 181 g/mol. The molecule has 0 bridgehead atoms. The van der Waals surface area contributed by atoms with Crippen LogP contribution in [0.1, 0.15) is 5.56 Å². The number of halogens is 2. The summed E-state index contributed by atoms with van der Waals surface area (Å²) >= 11 is 0. The first-order chi connectivity index (χ1) is 6.15. The first kappa shape index (κ1) is 9.69. The van der Waals surface area contributed by atoms with Gasteiger partial charge in [-0.05, 0) is 12.1 Å². The molecular formula is C10H9F2N. The van der Waals surface area contributed by atoms with Crippen LogP contribution in [0, 0.1) is 24.0 Å². The van der Waals surface area contributed by atoms with Crippen molar-refractivity contribution in [3.8, 4) is 12.3 Å². The van der Waals surface area contributed by atoms with Gasteiger partial charge in [0.25, 0.3) is 0 Å². The van der Waals surface area contributed by atoms with Crippen LogP contribution in [0.3, 0.4) is 0 Å². The van der Waals surface area contributed by atoms with Crippen LogP contribution in [0.2, 0.25) is 0 Å². The van der Waals surface area contributed by atoms with Gasteiger partial charge >= 0.3 is 0 Å². The summed E-state index contributed by atoms with van der Waals surface area (Å²) in [5.74, 6) is 1.00. The van der Waals surface area contributed by atoms with Gasteiger partial charge in [-0.1, -0.05) is 12.0 Å². The van der Waals surface area contributed by atoms with Gasteiger partial charge in [0, 0.05) is 12.0 Å². The van der Waals surface area contributed by atoms with Gasteiger partial charge in [0.05, 0.1) is 6.04 Å². The summed E-state index contributed by atoms with van der Waals surface area (Å²) in [5, 5.41) is 0. The van der Waals surface area contributed by atoms with Crippen molar-refractivity contribution in [1.29, 1.82) is 0 Å². The molecule has 0 fully saturated rings. The summed E-state index contributed by atoms with van der Waals surface area (Å²) in [6.07, 6.45) is 5.02. The van der Waals surface area contributed by atoms with Crippen LogP contribution in [0.4, 0.5) is 8.78 Å². The maximum absolute atomic E-state index is 13.0. The highest BCUT2D eigenvalue weighted by molar-refractivity contribution is 5.22. The van der Waals surface area contributed by atoms with Gasteiger partial charge in [-0.2, -0.15) is 0 Å². The minimum atomic E-state index is -0.647. The van der Waals surface area contributed by atoms with Gasteiger partial charge in [0.2, 0.25) is 0 Å². The molecular weight excluding hydrogens is 172 g/mol. The Hall–Kier alpha value is -1.40. The predicted octanol–water partition coefficient (Wildman–Crippen LogP) is 1.47. The van der Waals surface area contributed by atoms with E-state index in [1.165, 1.54) is 18.2 Å². The molecule has 68 valence electrons. The van der Waals surface area contributed by atoms with Gasteiger partial charge in [-0.3, -0.25) is 0 Å². The van der Waals surface area contributed by atoms with E-state index >= 15 is 0 Å². The van der Waals surface area contributed by atoms with Gasteiger partial charge in [-0.15, -0.1) is 6.42 Å². The lowest BCUT2D eigenvalue weighted by molar-refractivity contribution is 0.549. The van der Waals surface area contributed by atoms with Crippen LogP contribution in [-0.2, 0) is 6.42 Å².